The minimum Gasteiger partial charge on any atom is -0.360 e. The number of hydrogen-bond acceptors (Lipinski definition) is 5. The molecule has 0 aliphatic carbocycles. The number of H-pyrrole nitrogens is 1. The van der Waals surface area contributed by atoms with Crippen LogP contribution in [0.4, 0.5) is 11.4 Å². The van der Waals surface area contributed by atoms with Crippen LogP contribution in [-0.4, -0.2) is 30.6 Å². The van der Waals surface area contributed by atoms with Crippen molar-refractivity contribution in [3.05, 3.63) is 70.2 Å². The molecule has 5 rings (SSSR count). The van der Waals surface area contributed by atoms with Crippen molar-refractivity contribution < 1.29 is 9.72 Å². The zero-order chi connectivity index (χ0) is 21.4. The van der Waals surface area contributed by atoms with Crippen LogP contribution in [0.3, 0.4) is 0 Å². The summed E-state index contributed by atoms with van der Waals surface area (Å²) < 4.78 is 2.16. The molecule has 9 heteroatoms. The van der Waals surface area contributed by atoms with Crippen LogP contribution in [-0.2, 0) is 13.0 Å². The average Bonchev–Trinajstić information content (AvgIpc) is 3.30. The van der Waals surface area contributed by atoms with Crippen LogP contribution >= 0.6 is 0 Å². The molecule has 156 valence electrons. The molecular weight excluding hydrogens is 396 g/mol. The van der Waals surface area contributed by atoms with E-state index in [1.54, 1.807) is 18.3 Å². The summed E-state index contributed by atoms with van der Waals surface area (Å²) in [7, 11) is 0. The van der Waals surface area contributed by atoms with E-state index in [4.69, 9.17) is 0 Å². The Morgan fingerprint density at radius 3 is 2.90 bits per heavy atom. The van der Waals surface area contributed by atoms with Gasteiger partial charge in [-0.25, -0.2) is 0 Å². The first-order valence-corrected chi connectivity index (χ1v) is 10.2. The second kappa shape index (κ2) is 7.67. The normalized spacial score (nSPS) is 13.5. The Bertz CT molecular complexity index is 1310. The number of amides is 1. The summed E-state index contributed by atoms with van der Waals surface area (Å²) in [6.45, 7) is 0.891. The highest BCUT2D eigenvalue weighted by atomic mass is 16.6. The third-order valence-corrected chi connectivity index (χ3v) is 5.61. The monoisotopic (exact) mass is 416 g/mol. The summed E-state index contributed by atoms with van der Waals surface area (Å²) >= 11 is 0. The molecule has 3 heterocycles. The smallest absolute Gasteiger partial charge is 0.270 e. The number of aromatic nitrogens is 4. The van der Waals surface area contributed by atoms with Gasteiger partial charge in [0.1, 0.15) is 5.82 Å². The number of fused-ring (bicyclic) bond motifs is 2. The lowest BCUT2D eigenvalue weighted by atomic mass is 10.1. The van der Waals surface area contributed by atoms with E-state index in [-0.39, 0.29) is 11.6 Å². The summed E-state index contributed by atoms with van der Waals surface area (Å²) in [6.07, 6.45) is 5.89. The standard InChI is InChI=1S/C22H20N6O3/c29-22(18-13-23-19-9-8-16(28(30)31)12-17(18)19)24-15-6-4-5-14(11-15)21-26-25-20-7-2-1-3-10-27(20)21/h4-6,8-9,11-13,23H,1-3,7,10H2,(H,24,29). The Morgan fingerprint density at radius 1 is 1.13 bits per heavy atom. The van der Waals surface area contributed by atoms with Gasteiger partial charge in [-0.3, -0.25) is 14.9 Å². The van der Waals surface area contributed by atoms with Crippen molar-refractivity contribution in [2.45, 2.75) is 32.2 Å². The van der Waals surface area contributed by atoms with Gasteiger partial charge >= 0.3 is 0 Å². The van der Waals surface area contributed by atoms with E-state index in [0.717, 1.165) is 43.0 Å². The van der Waals surface area contributed by atoms with Gasteiger partial charge in [0.15, 0.2) is 5.82 Å². The second-order valence-electron chi connectivity index (χ2n) is 7.63. The van der Waals surface area contributed by atoms with E-state index in [1.165, 1.54) is 18.6 Å². The maximum Gasteiger partial charge on any atom is 0.270 e. The molecule has 1 aliphatic rings. The predicted octanol–water partition coefficient (Wildman–Crippen LogP) is 4.31. The molecule has 0 unspecified atom stereocenters. The van der Waals surface area contributed by atoms with Gasteiger partial charge in [0.2, 0.25) is 0 Å². The Labute approximate surface area is 177 Å². The van der Waals surface area contributed by atoms with E-state index in [1.807, 2.05) is 18.2 Å². The Kier molecular flexibility index (Phi) is 4.70. The van der Waals surface area contributed by atoms with Crippen molar-refractivity contribution in [3.63, 3.8) is 0 Å². The second-order valence-corrected chi connectivity index (χ2v) is 7.63. The van der Waals surface area contributed by atoms with Crippen LogP contribution < -0.4 is 5.32 Å². The fourth-order valence-corrected chi connectivity index (χ4v) is 4.04. The molecule has 4 aromatic rings. The molecule has 0 spiro atoms. The van der Waals surface area contributed by atoms with Gasteiger partial charge in [-0.2, -0.15) is 0 Å². The van der Waals surface area contributed by atoms with Crippen molar-refractivity contribution in [2.24, 2.45) is 0 Å². The van der Waals surface area contributed by atoms with Crippen molar-refractivity contribution in [1.29, 1.82) is 0 Å². The Hall–Kier alpha value is -4.01. The van der Waals surface area contributed by atoms with E-state index >= 15 is 0 Å². The number of carbonyl (C=O) groups is 1. The summed E-state index contributed by atoms with van der Waals surface area (Å²) in [5.41, 5.74) is 2.45. The maximum absolute atomic E-state index is 12.9. The number of aromatic amines is 1. The van der Waals surface area contributed by atoms with E-state index in [2.05, 4.69) is 25.1 Å². The molecule has 0 saturated carbocycles. The third-order valence-electron chi connectivity index (χ3n) is 5.61. The molecule has 2 aromatic carbocycles. The van der Waals surface area contributed by atoms with Gasteiger partial charge in [-0.05, 0) is 31.0 Å². The molecular formula is C22H20N6O3. The van der Waals surface area contributed by atoms with E-state index < -0.39 is 4.92 Å². The van der Waals surface area contributed by atoms with Gasteiger partial charge in [0.05, 0.1) is 10.5 Å². The molecule has 1 aliphatic heterocycles. The lowest BCUT2D eigenvalue weighted by Crippen LogP contribution is -2.11. The van der Waals surface area contributed by atoms with E-state index in [9.17, 15) is 14.9 Å². The molecule has 0 atom stereocenters. The number of nitro groups is 1. The SMILES string of the molecule is O=C(Nc1cccc(-c2nnc3n2CCCCC3)c1)c1c[nH]c2ccc([N+](=O)[O-])cc12. The zero-order valence-electron chi connectivity index (χ0n) is 16.7. The largest absolute Gasteiger partial charge is 0.360 e. The van der Waals surface area contributed by atoms with Crippen molar-refractivity contribution in [2.75, 3.05) is 5.32 Å². The van der Waals surface area contributed by atoms with Crippen LogP contribution in [0.1, 0.15) is 35.4 Å². The average molecular weight is 416 g/mol. The highest BCUT2D eigenvalue weighted by Gasteiger charge is 2.18. The molecule has 0 fully saturated rings. The number of aryl methyl sites for hydroxylation is 1. The van der Waals surface area contributed by atoms with Crippen LogP contribution in [0.5, 0.6) is 0 Å². The highest BCUT2D eigenvalue weighted by molar-refractivity contribution is 6.13. The lowest BCUT2D eigenvalue weighted by molar-refractivity contribution is -0.384. The Balaban J connectivity index is 1.44. The number of hydrogen-bond donors (Lipinski definition) is 2. The van der Waals surface area contributed by atoms with Crippen molar-refractivity contribution in [3.8, 4) is 11.4 Å². The van der Waals surface area contributed by atoms with E-state index in [0.29, 0.717) is 22.2 Å². The number of nitrogens with one attached hydrogen (secondary N) is 2. The zero-order valence-corrected chi connectivity index (χ0v) is 16.7. The summed E-state index contributed by atoms with van der Waals surface area (Å²) in [4.78, 5) is 26.5. The number of non-ortho nitro benzene ring substituents is 1. The number of nitrogens with zero attached hydrogens (tertiary/aromatic N) is 4. The summed E-state index contributed by atoms with van der Waals surface area (Å²) in [5, 5.41) is 23.2. The molecule has 31 heavy (non-hydrogen) atoms. The van der Waals surface area contributed by atoms with Gasteiger partial charge in [-0.1, -0.05) is 18.6 Å². The number of rotatable bonds is 4. The highest BCUT2D eigenvalue weighted by Crippen LogP contribution is 2.27. The lowest BCUT2D eigenvalue weighted by Gasteiger charge is -2.09. The van der Waals surface area contributed by atoms with Gasteiger partial charge < -0.3 is 14.9 Å². The molecule has 0 saturated heterocycles. The minimum absolute atomic E-state index is 0.0596. The molecule has 2 aromatic heterocycles. The first-order chi connectivity index (χ1) is 15.1. The topological polar surface area (TPSA) is 119 Å². The third kappa shape index (κ3) is 3.54. The fraction of sp³-hybridized carbons (Fsp3) is 0.227. The summed E-state index contributed by atoms with van der Waals surface area (Å²) in [5.74, 6) is 1.46. The minimum atomic E-state index is -0.473. The number of anilines is 1. The number of nitro benzene ring substituents is 1. The molecule has 9 nitrogen and oxygen atoms in total. The Morgan fingerprint density at radius 2 is 2.03 bits per heavy atom. The van der Waals surface area contributed by atoms with Crippen LogP contribution in [0.2, 0.25) is 0 Å². The number of carbonyl (C=O) groups excluding carboxylic acids is 1. The van der Waals surface area contributed by atoms with Crippen molar-refractivity contribution >= 4 is 28.2 Å². The van der Waals surface area contributed by atoms with Gasteiger partial charge in [-0.15, -0.1) is 10.2 Å². The molecule has 1 amide bonds. The molecule has 0 radical (unpaired) electrons. The van der Waals surface area contributed by atoms with Gasteiger partial charge in [0, 0.05) is 53.4 Å². The van der Waals surface area contributed by atoms with Gasteiger partial charge in [0.25, 0.3) is 11.6 Å². The fourth-order valence-electron chi connectivity index (χ4n) is 4.04. The molecule has 0 bridgehead atoms. The first-order valence-electron chi connectivity index (χ1n) is 10.2. The van der Waals surface area contributed by atoms with Crippen LogP contribution in [0, 0.1) is 10.1 Å². The predicted molar refractivity (Wildman–Crippen MR) is 116 cm³/mol. The van der Waals surface area contributed by atoms with Crippen LogP contribution in [0.25, 0.3) is 22.3 Å². The van der Waals surface area contributed by atoms with Crippen LogP contribution in [0.15, 0.2) is 48.7 Å². The number of benzene rings is 2. The summed E-state index contributed by atoms with van der Waals surface area (Å²) in [6, 6.07) is 11.9. The molecule has 2 N–H and O–H groups in total. The maximum atomic E-state index is 12.9. The first kappa shape index (κ1) is 19.0. The van der Waals surface area contributed by atoms with Crippen molar-refractivity contribution in [1.82, 2.24) is 19.7 Å². The quantitative estimate of drug-likeness (QED) is 0.379.